The lowest BCUT2D eigenvalue weighted by Gasteiger charge is -2.29. The van der Waals surface area contributed by atoms with Crippen LogP contribution in [0.5, 0.6) is 5.75 Å². The molecule has 0 bridgehead atoms. The van der Waals surface area contributed by atoms with E-state index < -0.39 is 0 Å². The smallest absolute Gasteiger partial charge is 0.236 e. The van der Waals surface area contributed by atoms with Gasteiger partial charge in [-0.05, 0) is 79.7 Å². The van der Waals surface area contributed by atoms with Crippen LogP contribution in [0, 0.1) is 6.92 Å². The van der Waals surface area contributed by atoms with Crippen LogP contribution in [0.25, 0.3) is 0 Å². The predicted octanol–water partition coefficient (Wildman–Crippen LogP) is 8.13. The first-order valence-electron chi connectivity index (χ1n) is 15.7. The summed E-state index contributed by atoms with van der Waals surface area (Å²) in [4.78, 5) is 18.3. The van der Waals surface area contributed by atoms with Gasteiger partial charge >= 0.3 is 0 Å². The Morgan fingerprint density at radius 1 is 1.00 bits per heavy atom. The van der Waals surface area contributed by atoms with Gasteiger partial charge in [0.25, 0.3) is 0 Å². The van der Waals surface area contributed by atoms with E-state index in [1.165, 1.54) is 41.5 Å². The highest BCUT2D eigenvalue weighted by atomic mass is 16.5. The van der Waals surface area contributed by atoms with Crippen molar-refractivity contribution in [3.8, 4) is 5.75 Å². The minimum absolute atomic E-state index is 0.306. The largest absolute Gasteiger partial charge is 0.494 e. The second-order valence-corrected chi connectivity index (χ2v) is 11.8. The average Bonchev–Trinajstić information content (AvgIpc) is 3.31. The van der Waals surface area contributed by atoms with E-state index in [0.29, 0.717) is 36.9 Å². The zero-order valence-electron chi connectivity index (χ0n) is 25.7. The molecule has 216 valence electrons. The average molecular weight is 535 g/mol. The van der Waals surface area contributed by atoms with Gasteiger partial charge in [0.1, 0.15) is 5.75 Å². The van der Waals surface area contributed by atoms with Gasteiger partial charge in [0.2, 0.25) is 5.91 Å². The van der Waals surface area contributed by atoms with Crippen LogP contribution in [0.15, 0.2) is 42.5 Å². The van der Waals surface area contributed by atoms with Gasteiger partial charge in [-0.1, -0.05) is 89.8 Å². The Morgan fingerprint density at radius 2 is 1.74 bits per heavy atom. The van der Waals surface area contributed by atoms with Crippen molar-refractivity contribution in [2.24, 2.45) is 0 Å². The van der Waals surface area contributed by atoms with Crippen LogP contribution >= 0.6 is 0 Å². The Labute approximate surface area is 239 Å². The topological polar surface area (TPSA) is 32.8 Å². The van der Waals surface area contributed by atoms with E-state index in [1.54, 1.807) is 0 Å². The number of ether oxygens (including phenoxy) is 1. The molecule has 2 aromatic carbocycles. The van der Waals surface area contributed by atoms with E-state index in [4.69, 9.17) is 4.74 Å². The predicted molar refractivity (Wildman–Crippen MR) is 165 cm³/mol. The maximum Gasteiger partial charge on any atom is 0.236 e. The summed E-state index contributed by atoms with van der Waals surface area (Å²) in [7, 11) is 0. The number of aryl methyl sites for hydroxylation is 1. The molecular formula is C35H54N2O2. The number of amides is 1. The normalized spacial score (nSPS) is 17.6. The molecule has 4 heteroatoms. The van der Waals surface area contributed by atoms with E-state index in [2.05, 4.69) is 93.8 Å². The molecule has 1 aliphatic rings. The Hall–Kier alpha value is -2.33. The Balaban J connectivity index is 1.81. The molecule has 1 saturated heterocycles. The third-order valence-corrected chi connectivity index (χ3v) is 8.43. The Morgan fingerprint density at radius 3 is 2.44 bits per heavy atom. The van der Waals surface area contributed by atoms with Crippen molar-refractivity contribution in [3.63, 3.8) is 0 Å². The highest BCUT2D eigenvalue weighted by Gasteiger charge is 2.35. The molecule has 3 rings (SSSR count). The van der Waals surface area contributed by atoms with Gasteiger partial charge in [-0.3, -0.25) is 9.69 Å². The number of rotatable bonds is 16. The maximum absolute atomic E-state index is 13.7. The molecule has 0 saturated carbocycles. The Kier molecular flexibility index (Phi) is 12.8. The molecule has 0 radical (unpaired) electrons. The maximum atomic E-state index is 13.7. The molecule has 4 nitrogen and oxygen atoms in total. The van der Waals surface area contributed by atoms with Crippen molar-refractivity contribution in [2.45, 2.75) is 111 Å². The van der Waals surface area contributed by atoms with Gasteiger partial charge in [-0.15, -0.1) is 0 Å². The van der Waals surface area contributed by atoms with Crippen molar-refractivity contribution in [3.05, 3.63) is 64.7 Å². The van der Waals surface area contributed by atoms with E-state index in [-0.39, 0.29) is 0 Å². The molecule has 0 aliphatic carbocycles. The monoisotopic (exact) mass is 534 g/mol. The number of carbonyl (C=O) groups is 1. The van der Waals surface area contributed by atoms with Gasteiger partial charge in [0, 0.05) is 25.7 Å². The fourth-order valence-corrected chi connectivity index (χ4v) is 6.00. The SMILES string of the molecule is CCCCCCN(CCCC)C(=O)CN1CC(c2ccc(C(C)C)c(OCC)c2)CC1Cc1ccccc1C. The third kappa shape index (κ3) is 9.10. The summed E-state index contributed by atoms with van der Waals surface area (Å²) in [5.74, 6) is 2.16. The highest BCUT2D eigenvalue weighted by molar-refractivity contribution is 5.78. The van der Waals surface area contributed by atoms with Crippen molar-refractivity contribution in [2.75, 3.05) is 32.8 Å². The first-order valence-corrected chi connectivity index (χ1v) is 15.7. The molecule has 1 aliphatic heterocycles. The molecular weight excluding hydrogens is 480 g/mol. The summed E-state index contributed by atoms with van der Waals surface area (Å²) in [5.41, 5.74) is 5.35. The molecule has 0 N–H and O–H groups in total. The van der Waals surface area contributed by atoms with E-state index in [1.807, 2.05) is 0 Å². The van der Waals surface area contributed by atoms with Gasteiger partial charge in [0.05, 0.1) is 13.2 Å². The van der Waals surface area contributed by atoms with Gasteiger partial charge in [-0.2, -0.15) is 0 Å². The molecule has 0 spiro atoms. The van der Waals surface area contributed by atoms with E-state index in [9.17, 15) is 4.79 Å². The van der Waals surface area contributed by atoms with E-state index in [0.717, 1.165) is 57.5 Å². The third-order valence-electron chi connectivity index (χ3n) is 8.43. The molecule has 39 heavy (non-hydrogen) atoms. The fourth-order valence-electron chi connectivity index (χ4n) is 6.00. The quantitative estimate of drug-likeness (QED) is 0.204. The summed E-state index contributed by atoms with van der Waals surface area (Å²) in [6.45, 7) is 17.1. The molecule has 2 unspecified atom stereocenters. The van der Waals surface area contributed by atoms with Gasteiger partial charge in [-0.25, -0.2) is 0 Å². The zero-order valence-corrected chi connectivity index (χ0v) is 25.7. The number of benzene rings is 2. The number of carbonyl (C=O) groups excluding carboxylic acids is 1. The summed E-state index contributed by atoms with van der Waals surface area (Å²) < 4.78 is 6.08. The number of unbranched alkanes of at least 4 members (excludes halogenated alkanes) is 4. The lowest BCUT2D eigenvalue weighted by molar-refractivity contribution is -0.132. The van der Waals surface area contributed by atoms with Gasteiger partial charge < -0.3 is 9.64 Å². The minimum atomic E-state index is 0.306. The first-order chi connectivity index (χ1) is 18.9. The first kappa shape index (κ1) is 31.2. The van der Waals surface area contributed by atoms with Crippen LogP contribution < -0.4 is 4.74 Å². The minimum Gasteiger partial charge on any atom is -0.494 e. The zero-order chi connectivity index (χ0) is 28.2. The van der Waals surface area contributed by atoms with Crippen LogP contribution in [-0.4, -0.2) is 54.5 Å². The second kappa shape index (κ2) is 16.1. The number of likely N-dealkylation sites (tertiary alicyclic amines) is 1. The van der Waals surface area contributed by atoms with Crippen LogP contribution in [0.3, 0.4) is 0 Å². The van der Waals surface area contributed by atoms with E-state index >= 15 is 0 Å². The summed E-state index contributed by atoms with van der Waals surface area (Å²) >= 11 is 0. The molecule has 0 aromatic heterocycles. The second-order valence-electron chi connectivity index (χ2n) is 11.8. The standard InChI is InChI=1S/C35H54N2O2/c1-7-10-12-15-21-36(20-11-8-2)35(38)26-37-25-31(23-32(37)22-29-17-14-13-16-28(29)6)30-18-19-33(27(4)5)34(24-30)39-9-3/h13-14,16-19,24,27,31-32H,7-12,15,20-23,25-26H2,1-6H3. The fraction of sp³-hybridized carbons (Fsp3) is 0.629. The van der Waals surface area contributed by atoms with Crippen LogP contribution in [0.4, 0.5) is 0 Å². The summed E-state index contributed by atoms with van der Waals surface area (Å²) in [6.07, 6.45) is 9.06. The van der Waals surface area contributed by atoms with Crippen LogP contribution in [-0.2, 0) is 11.2 Å². The molecule has 2 aromatic rings. The number of hydrogen-bond acceptors (Lipinski definition) is 3. The number of nitrogens with zero attached hydrogens (tertiary/aromatic N) is 2. The summed E-state index contributed by atoms with van der Waals surface area (Å²) in [6, 6.07) is 15.9. The van der Waals surface area contributed by atoms with Crippen molar-refractivity contribution >= 4 is 5.91 Å². The highest BCUT2D eigenvalue weighted by Crippen LogP contribution is 2.37. The van der Waals surface area contributed by atoms with Crippen LogP contribution in [0.1, 0.15) is 114 Å². The van der Waals surface area contributed by atoms with Crippen molar-refractivity contribution in [1.82, 2.24) is 9.80 Å². The molecule has 1 heterocycles. The molecule has 2 atom stereocenters. The lowest BCUT2D eigenvalue weighted by Crippen LogP contribution is -2.43. The molecule has 1 amide bonds. The van der Waals surface area contributed by atoms with Crippen LogP contribution in [0.2, 0.25) is 0 Å². The molecule has 1 fully saturated rings. The Bertz CT molecular complexity index is 1020. The van der Waals surface area contributed by atoms with Crippen molar-refractivity contribution in [1.29, 1.82) is 0 Å². The number of hydrogen-bond donors (Lipinski definition) is 0. The summed E-state index contributed by atoms with van der Waals surface area (Å²) in [5, 5.41) is 0. The lowest BCUT2D eigenvalue weighted by atomic mass is 9.91. The van der Waals surface area contributed by atoms with Gasteiger partial charge in [0.15, 0.2) is 0 Å². The van der Waals surface area contributed by atoms with Crippen molar-refractivity contribution < 1.29 is 9.53 Å².